The quantitative estimate of drug-likeness (QED) is 0.863. The van der Waals surface area contributed by atoms with Crippen molar-refractivity contribution in [3.63, 3.8) is 0 Å². The first-order valence-corrected chi connectivity index (χ1v) is 8.57. The average molecular weight is 341 g/mol. The molecule has 0 aliphatic rings. The van der Waals surface area contributed by atoms with E-state index in [1.54, 1.807) is 4.90 Å². The van der Waals surface area contributed by atoms with Crippen molar-refractivity contribution in [1.82, 2.24) is 4.90 Å². The zero-order valence-corrected chi connectivity index (χ0v) is 15.2. The van der Waals surface area contributed by atoms with Crippen LogP contribution in [0, 0.1) is 0 Å². The lowest BCUT2D eigenvalue weighted by Crippen LogP contribution is -2.41. The van der Waals surface area contributed by atoms with Gasteiger partial charge < -0.3 is 14.7 Å². The van der Waals surface area contributed by atoms with E-state index in [0.29, 0.717) is 13.0 Å². The molecule has 134 valence electrons. The van der Waals surface area contributed by atoms with E-state index in [-0.39, 0.29) is 6.54 Å². The Kier molecular flexibility index (Phi) is 6.59. The van der Waals surface area contributed by atoms with Crippen molar-refractivity contribution in [2.75, 3.05) is 6.54 Å². The summed E-state index contributed by atoms with van der Waals surface area (Å²) in [7, 11) is 0. The Morgan fingerprint density at radius 3 is 2.04 bits per heavy atom. The predicted octanol–water partition coefficient (Wildman–Crippen LogP) is 4.03. The van der Waals surface area contributed by atoms with Gasteiger partial charge in [-0.3, -0.25) is 0 Å². The maximum atomic E-state index is 12.5. The first-order chi connectivity index (χ1) is 11.8. The van der Waals surface area contributed by atoms with Gasteiger partial charge in [0.2, 0.25) is 0 Å². The van der Waals surface area contributed by atoms with Gasteiger partial charge in [-0.1, -0.05) is 60.7 Å². The lowest BCUT2D eigenvalue weighted by Gasteiger charge is -2.29. The molecule has 1 atom stereocenters. The molecule has 0 aliphatic carbocycles. The average Bonchev–Trinajstić information content (AvgIpc) is 2.54. The Bertz CT molecular complexity index is 650. The number of amides is 1. The number of hydrogen-bond acceptors (Lipinski definition) is 3. The molecular formula is C21H27NO3. The highest BCUT2D eigenvalue weighted by Gasteiger charge is 2.24. The van der Waals surface area contributed by atoms with Crippen LogP contribution in [0.15, 0.2) is 60.7 Å². The number of nitrogens with zero attached hydrogens (tertiary/aromatic N) is 1. The minimum atomic E-state index is -0.654. The van der Waals surface area contributed by atoms with E-state index in [4.69, 9.17) is 4.74 Å². The number of aliphatic hydroxyl groups excluding tert-OH is 1. The number of rotatable bonds is 6. The van der Waals surface area contributed by atoms with Gasteiger partial charge >= 0.3 is 6.09 Å². The normalized spacial score (nSPS) is 12.5. The minimum absolute atomic E-state index is 0.221. The molecule has 4 nitrogen and oxygen atoms in total. The van der Waals surface area contributed by atoms with Crippen molar-refractivity contribution in [3.8, 4) is 0 Å². The van der Waals surface area contributed by atoms with Gasteiger partial charge in [0, 0.05) is 13.0 Å². The van der Waals surface area contributed by atoms with Crippen molar-refractivity contribution in [2.45, 2.75) is 45.4 Å². The zero-order valence-electron chi connectivity index (χ0n) is 15.2. The molecule has 0 bridgehead atoms. The zero-order chi connectivity index (χ0) is 18.3. The summed E-state index contributed by atoms with van der Waals surface area (Å²) in [5, 5.41) is 10.4. The number of aliphatic hydroxyl groups is 1. The van der Waals surface area contributed by atoms with Gasteiger partial charge in [-0.25, -0.2) is 4.79 Å². The number of benzene rings is 2. The largest absolute Gasteiger partial charge is 0.444 e. The third-order valence-corrected chi connectivity index (χ3v) is 3.61. The van der Waals surface area contributed by atoms with Gasteiger partial charge in [-0.15, -0.1) is 0 Å². The third kappa shape index (κ3) is 6.98. The van der Waals surface area contributed by atoms with Crippen molar-refractivity contribution in [2.24, 2.45) is 0 Å². The molecule has 2 rings (SSSR count). The van der Waals surface area contributed by atoms with E-state index in [1.165, 1.54) is 0 Å². The van der Waals surface area contributed by atoms with Gasteiger partial charge in [0.05, 0.1) is 12.6 Å². The Morgan fingerprint density at radius 2 is 1.52 bits per heavy atom. The van der Waals surface area contributed by atoms with Crippen molar-refractivity contribution < 1.29 is 14.6 Å². The van der Waals surface area contributed by atoms with Crippen LogP contribution in [0.4, 0.5) is 4.79 Å². The molecule has 1 amide bonds. The number of hydrogen-bond donors (Lipinski definition) is 1. The van der Waals surface area contributed by atoms with Crippen molar-refractivity contribution in [3.05, 3.63) is 71.8 Å². The molecule has 0 saturated heterocycles. The second-order valence-corrected chi connectivity index (χ2v) is 7.19. The van der Waals surface area contributed by atoms with E-state index in [2.05, 4.69) is 0 Å². The van der Waals surface area contributed by atoms with Crippen LogP contribution in [0.2, 0.25) is 0 Å². The Labute approximate surface area is 150 Å². The van der Waals surface area contributed by atoms with Crippen LogP contribution in [0.5, 0.6) is 0 Å². The highest BCUT2D eigenvalue weighted by molar-refractivity contribution is 5.68. The Morgan fingerprint density at radius 1 is 1.00 bits per heavy atom. The first-order valence-electron chi connectivity index (χ1n) is 8.57. The third-order valence-electron chi connectivity index (χ3n) is 3.61. The van der Waals surface area contributed by atoms with Gasteiger partial charge in [0.15, 0.2) is 0 Å². The van der Waals surface area contributed by atoms with Crippen LogP contribution in [0.3, 0.4) is 0 Å². The summed E-state index contributed by atoms with van der Waals surface area (Å²) < 4.78 is 5.50. The summed E-state index contributed by atoms with van der Waals surface area (Å²) in [5.74, 6) is 0. The SMILES string of the molecule is CC(C)(C)OC(=O)N(Cc1ccccc1)C[C@H](O)Cc1ccccc1. The predicted molar refractivity (Wildman–Crippen MR) is 99.2 cm³/mol. The second kappa shape index (κ2) is 8.67. The van der Waals surface area contributed by atoms with Gasteiger partial charge in [-0.2, -0.15) is 0 Å². The van der Waals surface area contributed by atoms with Crippen LogP contribution >= 0.6 is 0 Å². The summed E-state index contributed by atoms with van der Waals surface area (Å²) in [4.78, 5) is 14.1. The van der Waals surface area contributed by atoms with Gasteiger partial charge in [0.1, 0.15) is 5.60 Å². The molecule has 1 N–H and O–H groups in total. The molecule has 0 aliphatic heterocycles. The van der Waals surface area contributed by atoms with E-state index in [0.717, 1.165) is 11.1 Å². The fourth-order valence-corrected chi connectivity index (χ4v) is 2.54. The van der Waals surface area contributed by atoms with Gasteiger partial charge in [0.25, 0.3) is 0 Å². The second-order valence-electron chi connectivity index (χ2n) is 7.19. The Balaban J connectivity index is 2.06. The van der Waals surface area contributed by atoms with Crippen molar-refractivity contribution in [1.29, 1.82) is 0 Å². The lowest BCUT2D eigenvalue weighted by atomic mass is 10.1. The highest BCUT2D eigenvalue weighted by Crippen LogP contribution is 2.14. The molecular weight excluding hydrogens is 314 g/mol. The van der Waals surface area contributed by atoms with Crippen LogP contribution in [0.1, 0.15) is 31.9 Å². The molecule has 0 fully saturated rings. The maximum absolute atomic E-state index is 12.5. The minimum Gasteiger partial charge on any atom is -0.444 e. The summed E-state index contributed by atoms with van der Waals surface area (Å²) in [6, 6.07) is 19.5. The molecule has 2 aromatic carbocycles. The lowest BCUT2D eigenvalue weighted by molar-refractivity contribution is 0.0126. The van der Waals surface area contributed by atoms with E-state index in [9.17, 15) is 9.90 Å². The fraction of sp³-hybridized carbons (Fsp3) is 0.381. The summed E-state index contributed by atoms with van der Waals surface area (Å²) >= 11 is 0. The summed E-state index contributed by atoms with van der Waals surface area (Å²) in [5.41, 5.74) is 1.47. The highest BCUT2D eigenvalue weighted by atomic mass is 16.6. The molecule has 0 heterocycles. The summed E-state index contributed by atoms with van der Waals surface area (Å²) in [6.45, 7) is 6.14. The smallest absolute Gasteiger partial charge is 0.410 e. The van der Waals surface area contributed by atoms with E-state index in [1.807, 2.05) is 81.4 Å². The molecule has 0 spiro atoms. The topological polar surface area (TPSA) is 49.8 Å². The van der Waals surface area contributed by atoms with Gasteiger partial charge in [-0.05, 0) is 31.9 Å². The molecule has 0 aromatic heterocycles. The number of ether oxygens (including phenoxy) is 1. The standard InChI is InChI=1S/C21H27NO3/c1-21(2,3)25-20(24)22(15-18-12-8-5-9-13-18)16-19(23)14-17-10-6-4-7-11-17/h4-13,19,23H,14-16H2,1-3H3/t19-/m1/s1. The Hall–Kier alpha value is -2.33. The van der Waals surface area contributed by atoms with E-state index < -0.39 is 17.8 Å². The first kappa shape index (κ1) is 19.0. The molecule has 2 aromatic rings. The molecule has 0 radical (unpaired) electrons. The maximum Gasteiger partial charge on any atom is 0.410 e. The van der Waals surface area contributed by atoms with Crippen LogP contribution in [-0.4, -0.2) is 34.3 Å². The van der Waals surface area contributed by atoms with Crippen molar-refractivity contribution >= 4 is 6.09 Å². The van der Waals surface area contributed by atoms with Crippen LogP contribution < -0.4 is 0 Å². The number of carbonyl (C=O) groups is 1. The van der Waals surface area contributed by atoms with Crippen LogP contribution in [0.25, 0.3) is 0 Å². The van der Waals surface area contributed by atoms with E-state index >= 15 is 0 Å². The fourth-order valence-electron chi connectivity index (χ4n) is 2.54. The monoisotopic (exact) mass is 341 g/mol. The summed E-state index contributed by atoms with van der Waals surface area (Å²) in [6.07, 6.45) is -0.573. The molecule has 25 heavy (non-hydrogen) atoms. The molecule has 0 saturated carbocycles. The molecule has 4 heteroatoms. The molecule has 0 unspecified atom stereocenters. The number of carbonyl (C=O) groups excluding carboxylic acids is 1. The van der Waals surface area contributed by atoms with Crippen LogP contribution in [-0.2, 0) is 17.7 Å².